The van der Waals surface area contributed by atoms with E-state index in [2.05, 4.69) is 10.2 Å². The van der Waals surface area contributed by atoms with Crippen molar-refractivity contribution in [3.8, 4) is 0 Å². The Morgan fingerprint density at radius 1 is 1.13 bits per heavy atom. The summed E-state index contributed by atoms with van der Waals surface area (Å²) in [6.07, 6.45) is 0. The van der Waals surface area contributed by atoms with Crippen LogP contribution in [0.1, 0.15) is 27.6 Å². The van der Waals surface area contributed by atoms with Crippen LogP contribution in [-0.4, -0.2) is 51.3 Å². The van der Waals surface area contributed by atoms with E-state index in [1.54, 1.807) is 24.3 Å². The summed E-state index contributed by atoms with van der Waals surface area (Å²) in [6.45, 7) is 0.714. The molecule has 2 aromatic rings. The first-order valence-corrected chi connectivity index (χ1v) is 10.3. The molecule has 0 bridgehead atoms. The Labute approximate surface area is 178 Å². The van der Waals surface area contributed by atoms with Gasteiger partial charge in [0, 0.05) is 12.6 Å². The van der Waals surface area contributed by atoms with Crippen molar-refractivity contribution in [1.29, 1.82) is 0 Å². The fourth-order valence-electron chi connectivity index (χ4n) is 2.36. The molecule has 160 valence electrons. The predicted octanol–water partition coefficient (Wildman–Crippen LogP) is 2.52. The molecule has 0 radical (unpaired) electrons. The third-order valence-corrected chi connectivity index (χ3v) is 6.12. The van der Waals surface area contributed by atoms with Gasteiger partial charge in [0.2, 0.25) is 0 Å². The van der Waals surface area contributed by atoms with Gasteiger partial charge in [-0.25, -0.2) is 13.2 Å². The SMILES string of the molecule is CON(C)S(=O)(=O)c1cc(C(=O)OCC(=O)Nc2ccccc2C(C)=O)ccc1Cl. The number of nitrogens with zero attached hydrogens (tertiary/aromatic N) is 1. The van der Waals surface area contributed by atoms with E-state index in [9.17, 15) is 22.8 Å². The van der Waals surface area contributed by atoms with Gasteiger partial charge < -0.3 is 10.1 Å². The van der Waals surface area contributed by atoms with E-state index < -0.39 is 28.5 Å². The Hall–Kier alpha value is -2.79. The van der Waals surface area contributed by atoms with E-state index in [1.165, 1.54) is 26.1 Å². The van der Waals surface area contributed by atoms with Gasteiger partial charge in [0.25, 0.3) is 15.9 Å². The van der Waals surface area contributed by atoms with E-state index in [0.717, 1.165) is 13.2 Å². The van der Waals surface area contributed by atoms with Crippen LogP contribution in [0.4, 0.5) is 5.69 Å². The predicted molar refractivity (Wildman–Crippen MR) is 109 cm³/mol. The number of hydroxylamine groups is 1. The van der Waals surface area contributed by atoms with Crippen LogP contribution >= 0.6 is 11.6 Å². The first-order chi connectivity index (χ1) is 14.1. The maximum atomic E-state index is 12.4. The Morgan fingerprint density at radius 2 is 1.80 bits per heavy atom. The highest BCUT2D eigenvalue weighted by Gasteiger charge is 2.25. The highest BCUT2D eigenvalue weighted by atomic mass is 35.5. The molecule has 2 rings (SSSR count). The number of amides is 1. The van der Waals surface area contributed by atoms with Crippen molar-refractivity contribution >= 4 is 45.0 Å². The minimum Gasteiger partial charge on any atom is -0.452 e. The van der Waals surface area contributed by atoms with E-state index in [-0.39, 0.29) is 27.0 Å². The van der Waals surface area contributed by atoms with Crippen molar-refractivity contribution in [2.45, 2.75) is 11.8 Å². The minimum atomic E-state index is -4.10. The quantitative estimate of drug-likeness (QED) is 0.369. The summed E-state index contributed by atoms with van der Waals surface area (Å²) in [5, 5.41) is 2.37. The zero-order valence-electron chi connectivity index (χ0n) is 16.3. The second-order valence-electron chi connectivity index (χ2n) is 5.97. The molecule has 9 nitrogen and oxygen atoms in total. The number of carbonyl (C=O) groups is 3. The molecule has 0 aromatic heterocycles. The molecule has 0 spiro atoms. The average Bonchev–Trinajstić information content (AvgIpc) is 2.71. The Bertz CT molecular complexity index is 1090. The van der Waals surface area contributed by atoms with E-state index in [4.69, 9.17) is 16.3 Å². The van der Waals surface area contributed by atoms with Gasteiger partial charge in [0.05, 0.1) is 23.4 Å². The number of anilines is 1. The molecule has 0 atom stereocenters. The molecule has 2 aromatic carbocycles. The van der Waals surface area contributed by atoms with Gasteiger partial charge in [-0.15, -0.1) is 0 Å². The van der Waals surface area contributed by atoms with Crippen LogP contribution in [0.2, 0.25) is 5.02 Å². The zero-order valence-corrected chi connectivity index (χ0v) is 17.9. The number of nitrogens with one attached hydrogen (secondary N) is 1. The number of rotatable bonds is 8. The standard InChI is InChI=1S/C19H19ClN2O7S/c1-12(23)14-6-4-5-7-16(14)21-18(24)11-29-19(25)13-8-9-15(20)17(10-13)30(26,27)22(2)28-3/h4-10H,11H2,1-3H3,(H,21,24). The number of ketones is 1. The molecule has 1 N–H and O–H groups in total. The van der Waals surface area contributed by atoms with Crippen LogP contribution < -0.4 is 5.32 Å². The van der Waals surface area contributed by atoms with Crippen molar-refractivity contribution < 1.29 is 32.4 Å². The van der Waals surface area contributed by atoms with Crippen molar-refractivity contribution in [3.63, 3.8) is 0 Å². The summed E-state index contributed by atoms with van der Waals surface area (Å²) in [5.41, 5.74) is 0.472. The summed E-state index contributed by atoms with van der Waals surface area (Å²) in [4.78, 5) is 40.3. The summed E-state index contributed by atoms with van der Waals surface area (Å²) in [7, 11) is -1.77. The van der Waals surface area contributed by atoms with Gasteiger partial charge in [-0.3, -0.25) is 14.4 Å². The maximum absolute atomic E-state index is 12.4. The lowest BCUT2D eigenvalue weighted by Crippen LogP contribution is -2.26. The lowest BCUT2D eigenvalue weighted by molar-refractivity contribution is -0.119. The largest absolute Gasteiger partial charge is 0.452 e. The number of para-hydroxylation sites is 1. The van der Waals surface area contributed by atoms with E-state index in [0.29, 0.717) is 10.0 Å². The van der Waals surface area contributed by atoms with Gasteiger partial charge in [0.15, 0.2) is 12.4 Å². The number of hydrogen-bond acceptors (Lipinski definition) is 7. The number of carbonyl (C=O) groups excluding carboxylic acids is 3. The molecule has 0 fully saturated rings. The van der Waals surface area contributed by atoms with Crippen LogP contribution in [0.3, 0.4) is 0 Å². The van der Waals surface area contributed by atoms with Crippen molar-refractivity contribution in [2.75, 3.05) is 26.1 Å². The van der Waals surface area contributed by atoms with Crippen molar-refractivity contribution in [2.24, 2.45) is 0 Å². The van der Waals surface area contributed by atoms with Gasteiger partial charge >= 0.3 is 5.97 Å². The van der Waals surface area contributed by atoms with Gasteiger partial charge in [-0.2, -0.15) is 0 Å². The molecule has 0 aliphatic carbocycles. The molecule has 1 amide bonds. The molecule has 11 heteroatoms. The number of esters is 1. The third-order valence-electron chi connectivity index (χ3n) is 3.96. The molecule has 0 saturated heterocycles. The minimum absolute atomic E-state index is 0.117. The van der Waals surface area contributed by atoms with Crippen LogP contribution in [0.15, 0.2) is 47.4 Å². The third kappa shape index (κ3) is 5.42. The molecule has 0 saturated carbocycles. The lowest BCUT2D eigenvalue weighted by atomic mass is 10.1. The Balaban J connectivity index is 2.11. The highest BCUT2D eigenvalue weighted by molar-refractivity contribution is 7.89. The average molecular weight is 455 g/mol. The normalized spacial score (nSPS) is 11.2. The van der Waals surface area contributed by atoms with E-state index in [1.807, 2.05) is 0 Å². The smallest absolute Gasteiger partial charge is 0.338 e. The number of hydrogen-bond donors (Lipinski definition) is 1. The molecule has 0 aliphatic rings. The van der Waals surface area contributed by atoms with Crippen LogP contribution in [0.25, 0.3) is 0 Å². The first kappa shape index (κ1) is 23.5. The summed E-state index contributed by atoms with van der Waals surface area (Å²) in [6, 6.07) is 9.89. The fourth-order valence-corrected chi connectivity index (χ4v) is 3.84. The van der Waals surface area contributed by atoms with Gasteiger partial charge in [-0.1, -0.05) is 28.2 Å². The molecular formula is C19H19ClN2O7S. The molecule has 0 unspecified atom stereocenters. The Kier molecular flexibility index (Phi) is 7.68. The molecule has 30 heavy (non-hydrogen) atoms. The highest BCUT2D eigenvalue weighted by Crippen LogP contribution is 2.25. The topological polar surface area (TPSA) is 119 Å². The second-order valence-corrected chi connectivity index (χ2v) is 8.28. The summed E-state index contributed by atoms with van der Waals surface area (Å²) >= 11 is 5.94. The number of Topliss-reactive ketones (excluding diaryl/α,β-unsaturated/α-hetero) is 1. The maximum Gasteiger partial charge on any atom is 0.338 e. The van der Waals surface area contributed by atoms with Gasteiger partial charge in [-0.05, 0) is 37.3 Å². The number of sulfonamides is 1. The van der Waals surface area contributed by atoms with Gasteiger partial charge in [0.1, 0.15) is 4.90 Å². The molecular weight excluding hydrogens is 436 g/mol. The lowest BCUT2D eigenvalue weighted by Gasteiger charge is -2.15. The Morgan fingerprint density at radius 3 is 2.43 bits per heavy atom. The monoisotopic (exact) mass is 454 g/mol. The van der Waals surface area contributed by atoms with Crippen molar-refractivity contribution in [1.82, 2.24) is 4.47 Å². The zero-order chi connectivity index (χ0) is 22.5. The van der Waals surface area contributed by atoms with E-state index >= 15 is 0 Å². The van der Waals surface area contributed by atoms with Crippen molar-refractivity contribution in [3.05, 3.63) is 58.6 Å². The summed E-state index contributed by atoms with van der Waals surface area (Å²) < 4.78 is 30.3. The molecule has 0 heterocycles. The fraction of sp³-hybridized carbons (Fsp3) is 0.211. The number of halogens is 1. The molecule has 0 aliphatic heterocycles. The van der Waals surface area contributed by atoms with Crippen LogP contribution in [0, 0.1) is 0 Å². The second kappa shape index (κ2) is 9.81. The summed E-state index contributed by atoms with van der Waals surface area (Å²) in [5.74, 6) is -1.84. The first-order valence-electron chi connectivity index (χ1n) is 8.47. The van der Waals surface area contributed by atoms with Crippen LogP contribution in [-0.2, 0) is 24.4 Å². The van der Waals surface area contributed by atoms with Crippen LogP contribution in [0.5, 0.6) is 0 Å². The number of ether oxygens (including phenoxy) is 1. The number of benzene rings is 2.